The number of likely N-dealkylation sites (tertiary alicyclic amines) is 1. The molecule has 0 radical (unpaired) electrons. The van der Waals surface area contributed by atoms with Crippen LogP contribution < -0.4 is 10.1 Å². The molecule has 2 aliphatic rings. The zero-order valence-electron chi connectivity index (χ0n) is 14.6. The zero-order chi connectivity index (χ0) is 16.1. The summed E-state index contributed by atoms with van der Waals surface area (Å²) >= 11 is 0. The van der Waals surface area contributed by atoms with Crippen LogP contribution in [-0.4, -0.2) is 62.7 Å². The van der Waals surface area contributed by atoms with Crippen molar-refractivity contribution < 1.29 is 4.74 Å². The summed E-state index contributed by atoms with van der Waals surface area (Å²) < 4.78 is 5.33. The summed E-state index contributed by atoms with van der Waals surface area (Å²) in [5.41, 5.74) is 1.43. The summed E-state index contributed by atoms with van der Waals surface area (Å²) in [5.74, 6) is 1.82. The summed E-state index contributed by atoms with van der Waals surface area (Å²) in [4.78, 5) is 5.31. The number of nitrogens with one attached hydrogen (secondary N) is 1. The summed E-state index contributed by atoms with van der Waals surface area (Å²) in [6, 6.07) is 9.22. The molecule has 0 saturated carbocycles. The lowest BCUT2D eigenvalue weighted by Crippen LogP contribution is -2.48. The maximum atomic E-state index is 5.33. The first-order valence-electron chi connectivity index (χ1n) is 9.07. The smallest absolute Gasteiger partial charge is 0.118 e. The van der Waals surface area contributed by atoms with Crippen molar-refractivity contribution in [3.8, 4) is 5.75 Å². The van der Waals surface area contributed by atoms with Gasteiger partial charge in [0.25, 0.3) is 0 Å². The minimum absolute atomic E-state index is 0.506. The second-order valence-corrected chi connectivity index (χ2v) is 7.06. The third kappa shape index (κ3) is 4.46. The van der Waals surface area contributed by atoms with Gasteiger partial charge in [-0.15, -0.1) is 0 Å². The maximum absolute atomic E-state index is 5.33. The first-order valence-corrected chi connectivity index (χ1v) is 9.07. The van der Waals surface area contributed by atoms with Crippen molar-refractivity contribution >= 4 is 0 Å². The molecule has 0 spiro atoms. The molecule has 2 fully saturated rings. The van der Waals surface area contributed by atoms with E-state index in [9.17, 15) is 0 Å². The quantitative estimate of drug-likeness (QED) is 0.902. The van der Waals surface area contributed by atoms with Gasteiger partial charge in [0.1, 0.15) is 5.75 Å². The van der Waals surface area contributed by atoms with Crippen molar-refractivity contribution in [2.24, 2.45) is 5.92 Å². The van der Waals surface area contributed by atoms with E-state index in [0.29, 0.717) is 6.04 Å². The van der Waals surface area contributed by atoms with E-state index in [-0.39, 0.29) is 0 Å². The number of ether oxygens (including phenoxy) is 1. The van der Waals surface area contributed by atoms with Crippen molar-refractivity contribution in [1.29, 1.82) is 0 Å². The van der Waals surface area contributed by atoms with Crippen LogP contribution in [0.1, 0.15) is 31.4 Å². The molecular weight excluding hydrogens is 286 g/mol. The summed E-state index contributed by atoms with van der Waals surface area (Å²) in [6.45, 7) is 10.5. The molecule has 2 heterocycles. The largest absolute Gasteiger partial charge is 0.497 e. The van der Waals surface area contributed by atoms with Gasteiger partial charge in [0, 0.05) is 38.8 Å². The van der Waals surface area contributed by atoms with E-state index in [1.807, 2.05) is 0 Å². The van der Waals surface area contributed by atoms with E-state index in [2.05, 4.69) is 46.3 Å². The molecule has 3 rings (SSSR count). The SMILES string of the molecule is COc1ccc(C(CN2CCNCC2)N2CCC(C)CC2)cc1. The molecule has 0 amide bonds. The maximum Gasteiger partial charge on any atom is 0.118 e. The second kappa shape index (κ2) is 8.13. The van der Waals surface area contributed by atoms with E-state index in [1.54, 1.807) is 7.11 Å². The van der Waals surface area contributed by atoms with Crippen LogP contribution in [0.15, 0.2) is 24.3 Å². The van der Waals surface area contributed by atoms with Crippen LogP contribution in [0, 0.1) is 5.92 Å². The van der Waals surface area contributed by atoms with Crippen molar-refractivity contribution in [3.05, 3.63) is 29.8 Å². The summed E-state index contributed by atoms with van der Waals surface area (Å²) in [6.07, 6.45) is 2.66. The van der Waals surface area contributed by atoms with Gasteiger partial charge in [-0.25, -0.2) is 0 Å². The van der Waals surface area contributed by atoms with Gasteiger partial charge >= 0.3 is 0 Å². The molecule has 4 nitrogen and oxygen atoms in total. The molecule has 0 aromatic heterocycles. The fourth-order valence-corrected chi connectivity index (χ4v) is 3.74. The Bertz CT molecular complexity index is 462. The Hall–Kier alpha value is -1.10. The van der Waals surface area contributed by atoms with E-state index >= 15 is 0 Å². The topological polar surface area (TPSA) is 27.7 Å². The van der Waals surface area contributed by atoms with E-state index in [4.69, 9.17) is 4.74 Å². The molecule has 1 aromatic rings. The highest BCUT2D eigenvalue weighted by atomic mass is 16.5. The molecule has 4 heteroatoms. The van der Waals surface area contributed by atoms with Crippen molar-refractivity contribution in [2.45, 2.75) is 25.8 Å². The zero-order valence-corrected chi connectivity index (χ0v) is 14.6. The fraction of sp³-hybridized carbons (Fsp3) is 0.684. The van der Waals surface area contributed by atoms with Gasteiger partial charge in [-0.1, -0.05) is 19.1 Å². The highest BCUT2D eigenvalue weighted by Crippen LogP contribution is 2.28. The predicted octanol–water partition coefficient (Wildman–Crippen LogP) is 2.37. The van der Waals surface area contributed by atoms with Crippen LogP contribution in [0.5, 0.6) is 5.75 Å². The first kappa shape index (κ1) is 16.7. The Balaban J connectivity index is 1.73. The number of hydrogen-bond acceptors (Lipinski definition) is 4. The summed E-state index contributed by atoms with van der Waals surface area (Å²) in [5, 5.41) is 3.46. The van der Waals surface area contributed by atoms with E-state index in [0.717, 1.165) is 44.4 Å². The molecule has 2 aliphatic heterocycles. The van der Waals surface area contributed by atoms with E-state index < -0.39 is 0 Å². The molecule has 2 saturated heterocycles. The number of hydrogen-bond donors (Lipinski definition) is 1. The normalized spacial score (nSPS) is 22.9. The average molecular weight is 317 g/mol. The number of benzene rings is 1. The van der Waals surface area contributed by atoms with Crippen molar-refractivity contribution in [3.63, 3.8) is 0 Å². The molecule has 1 atom stereocenters. The van der Waals surface area contributed by atoms with Gasteiger partial charge in [-0.05, 0) is 49.5 Å². The Morgan fingerprint density at radius 2 is 1.74 bits per heavy atom. The van der Waals surface area contributed by atoms with Crippen molar-refractivity contribution in [2.75, 3.05) is 52.9 Å². The van der Waals surface area contributed by atoms with Crippen LogP contribution in [0.25, 0.3) is 0 Å². The van der Waals surface area contributed by atoms with Gasteiger partial charge < -0.3 is 10.1 Å². The van der Waals surface area contributed by atoms with Crippen LogP contribution in [0.2, 0.25) is 0 Å². The molecular formula is C19H31N3O. The third-order valence-electron chi connectivity index (χ3n) is 5.40. The minimum Gasteiger partial charge on any atom is -0.497 e. The highest BCUT2D eigenvalue weighted by molar-refractivity contribution is 5.29. The summed E-state index contributed by atoms with van der Waals surface area (Å²) in [7, 11) is 1.74. The van der Waals surface area contributed by atoms with E-state index in [1.165, 1.54) is 31.5 Å². The third-order valence-corrected chi connectivity index (χ3v) is 5.40. The first-order chi connectivity index (χ1) is 11.3. The number of rotatable bonds is 5. The van der Waals surface area contributed by atoms with Crippen LogP contribution in [-0.2, 0) is 0 Å². The van der Waals surface area contributed by atoms with Gasteiger partial charge in [0.05, 0.1) is 7.11 Å². The molecule has 1 N–H and O–H groups in total. The van der Waals surface area contributed by atoms with Gasteiger partial charge in [-0.3, -0.25) is 9.80 Å². The van der Waals surface area contributed by atoms with Crippen LogP contribution >= 0.6 is 0 Å². The van der Waals surface area contributed by atoms with Gasteiger partial charge in [0.2, 0.25) is 0 Å². The number of piperazine rings is 1. The second-order valence-electron chi connectivity index (χ2n) is 7.06. The predicted molar refractivity (Wildman–Crippen MR) is 95.0 cm³/mol. The molecule has 0 aliphatic carbocycles. The monoisotopic (exact) mass is 317 g/mol. The lowest BCUT2D eigenvalue weighted by Gasteiger charge is -2.40. The van der Waals surface area contributed by atoms with Crippen LogP contribution in [0.3, 0.4) is 0 Å². The van der Waals surface area contributed by atoms with Crippen LogP contribution in [0.4, 0.5) is 0 Å². The lowest BCUT2D eigenvalue weighted by molar-refractivity contribution is 0.0969. The Labute approximate surface area is 140 Å². The van der Waals surface area contributed by atoms with Gasteiger partial charge in [0.15, 0.2) is 0 Å². The average Bonchev–Trinajstić information content (AvgIpc) is 2.62. The fourth-order valence-electron chi connectivity index (χ4n) is 3.74. The molecule has 1 aromatic carbocycles. The molecule has 0 bridgehead atoms. The Morgan fingerprint density at radius 3 is 2.35 bits per heavy atom. The number of methoxy groups -OCH3 is 1. The Kier molecular flexibility index (Phi) is 5.92. The molecule has 23 heavy (non-hydrogen) atoms. The standard InChI is InChI=1S/C19H31N3O/c1-16-7-11-22(12-8-16)19(15-21-13-9-20-10-14-21)17-3-5-18(23-2)6-4-17/h3-6,16,19-20H,7-15H2,1-2H3. The Morgan fingerprint density at radius 1 is 1.09 bits per heavy atom. The van der Waals surface area contributed by atoms with Crippen molar-refractivity contribution in [1.82, 2.24) is 15.1 Å². The van der Waals surface area contributed by atoms with Gasteiger partial charge in [-0.2, -0.15) is 0 Å². The minimum atomic E-state index is 0.506. The lowest BCUT2D eigenvalue weighted by atomic mass is 9.95. The number of piperidine rings is 1. The highest BCUT2D eigenvalue weighted by Gasteiger charge is 2.26. The molecule has 1 unspecified atom stereocenters. The molecule has 128 valence electrons. The number of nitrogens with zero attached hydrogens (tertiary/aromatic N) is 2.